The molecule has 19 heavy (non-hydrogen) atoms. The van der Waals surface area contributed by atoms with Crippen LogP contribution >= 0.6 is 0 Å². The van der Waals surface area contributed by atoms with Crippen LogP contribution < -0.4 is 0 Å². The van der Waals surface area contributed by atoms with Gasteiger partial charge in [-0.05, 0) is 24.3 Å². The third-order valence-electron chi connectivity index (χ3n) is 2.69. The topological polar surface area (TPSA) is 55.6 Å². The monoisotopic (exact) mass is 260 g/mol. The Hall–Kier alpha value is -2.14. The zero-order valence-electron chi connectivity index (χ0n) is 10.8. The van der Waals surface area contributed by atoms with Gasteiger partial charge in [-0.1, -0.05) is 0 Å². The molecule has 0 radical (unpaired) electrons. The Kier molecular flexibility index (Phi) is 4.69. The highest BCUT2D eigenvalue weighted by atomic mass is 16.5. The summed E-state index contributed by atoms with van der Waals surface area (Å²) >= 11 is 0. The van der Waals surface area contributed by atoms with Crippen LogP contribution in [0.4, 0.5) is 0 Å². The first kappa shape index (κ1) is 13.3. The molecule has 2 rings (SSSR count). The second-order valence-electron chi connectivity index (χ2n) is 4.04. The average molecular weight is 260 g/mol. The van der Waals surface area contributed by atoms with Gasteiger partial charge in [0.1, 0.15) is 5.76 Å². The molecule has 100 valence electrons. The van der Waals surface area contributed by atoms with Gasteiger partial charge in [-0.2, -0.15) is 0 Å². The number of pyridine rings is 1. The van der Waals surface area contributed by atoms with Crippen LogP contribution in [0.5, 0.6) is 0 Å². The molecule has 0 saturated heterocycles. The summed E-state index contributed by atoms with van der Waals surface area (Å²) in [6, 6.07) is 7.14. The Morgan fingerprint density at radius 2 is 2.32 bits per heavy atom. The molecule has 5 nitrogen and oxygen atoms in total. The van der Waals surface area contributed by atoms with E-state index in [2.05, 4.69) is 4.98 Å². The van der Waals surface area contributed by atoms with Crippen molar-refractivity contribution in [1.29, 1.82) is 0 Å². The van der Waals surface area contributed by atoms with Gasteiger partial charge in [-0.25, -0.2) is 0 Å². The Bertz CT molecular complexity index is 497. The van der Waals surface area contributed by atoms with E-state index in [0.29, 0.717) is 25.3 Å². The van der Waals surface area contributed by atoms with Crippen LogP contribution in [0.2, 0.25) is 0 Å². The van der Waals surface area contributed by atoms with Gasteiger partial charge in [0.15, 0.2) is 0 Å². The minimum atomic E-state index is -0.0819. The highest BCUT2D eigenvalue weighted by molar-refractivity contribution is 5.93. The lowest BCUT2D eigenvalue weighted by Crippen LogP contribution is -2.33. The largest absolute Gasteiger partial charge is 0.467 e. The lowest BCUT2D eigenvalue weighted by molar-refractivity contribution is 0.0666. The first-order chi connectivity index (χ1) is 9.31. The van der Waals surface area contributed by atoms with E-state index in [1.807, 2.05) is 6.07 Å². The fraction of sp³-hybridized carbons (Fsp3) is 0.286. The molecule has 2 heterocycles. The number of hydrogen-bond acceptors (Lipinski definition) is 4. The minimum absolute atomic E-state index is 0.0819. The number of hydrogen-bond donors (Lipinski definition) is 0. The Morgan fingerprint density at radius 3 is 2.95 bits per heavy atom. The summed E-state index contributed by atoms with van der Waals surface area (Å²) in [5, 5.41) is 0. The van der Waals surface area contributed by atoms with Gasteiger partial charge in [-0.3, -0.25) is 9.78 Å². The molecule has 0 aliphatic rings. The van der Waals surface area contributed by atoms with Gasteiger partial charge in [0.2, 0.25) is 0 Å². The normalized spacial score (nSPS) is 10.4. The summed E-state index contributed by atoms with van der Waals surface area (Å²) in [5.74, 6) is 0.662. The fourth-order valence-corrected chi connectivity index (χ4v) is 1.72. The minimum Gasteiger partial charge on any atom is -0.467 e. The molecule has 0 saturated carbocycles. The molecule has 0 aliphatic carbocycles. The molecule has 0 atom stereocenters. The second kappa shape index (κ2) is 6.70. The zero-order chi connectivity index (χ0) is 13.5. The first-order valence-electron chi connectivity index (χ1n) is 6.02. The van der Waals surface area contributed by atoms with Gasteiger partial charge in [0.25, 0.3) is 5.91 Å². The summed E-state index contributed by atoms with van der Waals surface area (Å²) in [6.45, 7) is 1.40. The predicted molar refractivity (Wildman–Crippen MR) is 69.6 cm³/mol. The molecule has 0 N–H and O–H groups in total. The van der Waals surface area contributed by atoms with Crippen molar-refractivity contribution in [2.75, 3.05) is 20.3 Å². The van der Waals surface area contributed by atoms with E-state index in [-0.39, 0.29) is 5.91 Å². The summed E-state index contributed by atoms with van der Waals surface area (Å²) in [7, 11) is 1.61. The summed E-state index contributed by atoms with van der Waals surface area (Å²) in [5.41, 5.74) is 0.560. The maximum atomic E-state index is 12.4. The van der Waals surface area contributed by atoms with Crippen LogP contribution in [-0.2, 0) is 11.3 Å². The van der Waals surface area contributed by atoms with Crippen molar-refractivity contribution >= 4 is 5.91 Å². The van der Waals surface area contributed by atoms with Crippen molar-refractivity contribution in [2.24, 2.45) is 0 Å². The van der Waals surface area contributed by atoms with Crippen molar-refractivity contribution in [1.82, 2.24) is 9.88 Å². The summed E-state index contributed by atoms with van der Waals surface area (Å²) in [4.78, 5) is 18.0. The van der Waals surface area contributed by atoms with Gasteiger partial charge >= 0.3 is 0 Å². The molecule has 0 aromatic carbocycles. The van der Waals surface area contributed by atoms with Crippen LogP contribution in [0.15, 0.2) is 47.3 Å². The number of furan rings is 1. The van der Waals surface area contributed by atoms with Crippen molar-refractivity contribution < 1.29 is 13.9 Å². The maximum Gasteiger partial charge on any atom is 0.255 e. The number of rotatable bonds is 6. The third-order valence-corrected chi connectivity index (χ3v) is 2.69. The number of ether oxygens (including phenoxy) is 1. The number of aromatic nitrogens is 1. The van der Waals surface area contributed by atoms with E-state index in [1.165, 1.54) is 0 Å². The number of amides is 1. The standard InChI is InChI=1S/C14H16N2O3/c1-18-9-7-16(11-13-5-3-8-19-13)14(17)12-4-2-6-15-10-12/h2-6,8,10H,7,9,11H2,1H3. The highest BCUT2D eigenvalue weighted by Crippen LogP contribution is 2.09. The summed E-state index contributed by atoms with van der Waals surface area (Å²) in [6.07, 6.45) is 4.80. The van der Waals surface area contributed by atoms with Crippen LogP contribution in [0, 0.1) is 0 Å². The second-order valence-corrected chi connectivity index (χ2v) is 4.04. The van der Waals surface area contributed by atoms with E-state index in [0.717, 1.165) is 5.76 Å². The summed E-state index contributed by atoms with van der Waals surface area (Å²) < 4.78 is 10.3. The molecule has 0 fully saturated rings. The van der Waals surface area contributed by atoms with Crippen LogP contribution in [-0.4, -0.2) is 36.1 Å². The van der Waals surface area contributed by atoms with E-state index in [1.54, 1.807) is 48.9 Å². The molecule has 0 spiro atoms. The fourth-order valence-electron chi connectivity index (χ4n) is 1.72. The molecule has 2 aromatic heterocycles. The van der Waals surface area contributed by atoms with Crippen LogP contribution in [0.25, 0.3) is 0 Å². The van der Waals surface area contributed by atoms with Gasteiger partial charge in [-0.15, -0.1) is 0 Å². The Labute approximate surface area is 111 Å². The molecule has 0 unspecified atom stereocenters. The molecule has 5 heteroatoms. The SMILES string of the molecule is COCCN(Cc1ccco1)C(=O)c1cccnc1. The van der Waals surface area contributed by atoms with Crippen LogP contribution in [0.1, 0.15) is 16.1 Å². The number of methoxy groups -OCH3 is 1. The van der Waals surface area contributed by atoms with Crippen LogP contribution in [0.3, 0.4) is 0 Å². The Balaban J connectivity index is 2.10. The number of carbonyl (C=O) groups is 1. The number of carbonyl (C=O) groups excluding carboxylic acids is 1. The van der Waals surface area contributed by atoms with E-state index in [4.69, 9.17) is 9.15 Å². The Morgan fingerprint density at radius 1 is 1.42 bits per heavy atom. The zero-order valence-corrected chi connectivity index (χ0v) is 10.8. The lowest BCUT2D eigenvalue weighted by Gasteiger charge is -2.21. The quantitative estimate of drug-likeness (QED) is 0.796. The molecular weight excluding hydrogens is 244 g/mol. The first-order valence-corrected chi connectivity index (χ1v) is 6.02. The van der Waals surface area contributed by atoms with Gasteiger partial charge in [0, 0.05) is 26.0 Å². The average Bonchev–Trinajstić information content (AvgIpc) is 2.96. The van der Waals surface area contributed by atoms with E-state index in [9.17, 15) is 4.79 Å². The molecule has 0 aliphatic heterocycles. The van der Waals surface area contributed by atoms with Gasteiger partial charge in [0.05, 0.1) is 25.0 Å². The maximum absolute atomic E-state index is 12.4. The number of nitrogens with zero attached hydrogens (tertiary/aromatic N) is 2. The van der Waals surface area contributed by atoms with Crippen molar-refractivity contribution in [3.8, 4) is 0 Å². The molecule has 1 amide bonds. The van der Waals surface area contributed by atoms with E-state index >= 15 is 0 Å². The van der Waals surface area contributed by atoms with Crippen molar-refractivity contribution in [2.45, 2.75) is 6.54 Å². The van der Waals surface area contributed by atoms with Crippen molar-refractivity contribution in [3.63, 3.8) is 0 Å². The van der Waals surface area contributed by atoms with Crippen molar-refractivity contribution in [3.05, 3.63) is 54.2 Å². The third kappa shape index (κ3) is 3.66. The van der Waals surface area contributed by atoms with E-state index < -0.39 is 0 Å². The lowest BCUT2D eigenvalue weighted by atomic mass is 10.2. The molecular formula is C14H16N2O3. The molecule has 2 aromatic rings. The predicted octanol–water partition coefficient (Wildman–Crippen LogP) is 1.96. The molecule has 0 bridgehead atoms. The smallest absolute Gasteiger partial charge is 0.255 e. The van der Waals surface area contributed by atoms with Gasteiger partial charge < -0.3 is 14.1 Å². The highest BCUT2D eigenvalue weighted by Gasteiger charge is 2.17.